The first-order chi connectivity index (χ1) is 15.5. The number of fused-ring (bicyclic) bond motifs is 2. The number of aromatic nitrogens is 2. The SMILES string of the molecule is N[N+]12C=CN=CC1=C(C1CC(O)C1)N=C2c1cc2nc(-c3ccccn3)ccc2cc1Cl. The Labute approximate surface area is 189 Å². The van der Waals surface area contributed by atoms with Crippen LogP contribution in [-0.2, 0) is 0 Å². The Hall–Kier alpha value is -3.23. The summed E-state index contributed by atoms with van der Waals surface area (Å²) in [6.45, 7) is 0. The van der Waals surface area contributed by atoms with Gasteiger partial charge in [-0.15, -0.1) is 4.59 Å². The van der Waals surface area contributed by atoms with Crippen LogP contribution in [0.3, 0.4) is 0 Å². The highest BCUT2D eigenvalue weighted by Crippen LogP contribution is 2.43. The van der Waals surface area contributed by atoms with Gasteiger partial charge in [0, 0.05) is 17.5 Å². The molecule has 0 bridgehead atoms. The van der Waals surface area contributed by atoms with Crippen molar-refractivity contribution in [1.82, 2.24) is 9.97 Å². The molecule has 158 valence electrons. The maximum atomic E-state index is 9.81. The van der Waals surface area contributed by atoms with Crippen molar-refractivity contribution in [2.45, 2.75) is 18.9 Å². The first-order valence-corrected chi connectivity index (χ1v) is 10.8. The molecule has 8 heteroatoms. The van der Waals surface area contributed by atoms with E-state index in [-0.39, 0.29) is 16.6 Å². The lowest BCUT2D eigenvalue weighted by molar-refractivity contribution is -0.750. The fourth-order valence-electron chi connectivity index (χ4n) is 4.47. The molecule has 3 aliphatic rings. The Morgan fingerprint density at radius 3 is 2.75 bits per heavy atom. The summed E-state index contributed by atoms with van der Waals surface area (Å²) in [5.74, 6) is 7.61. The molecular formula is C24H20ClN6O+. The molecule has 0 spiro atoms. The van der Waals surface area contributed by atoms with E-state index in [1.165, 1.54) is 0 Å². The molecule has 6 rings (SSSR count). The standard InChI is InChI=1S/C24H20ClN6O/c25-18-11-14-4-5-20(19-3-1-2-6-28-19)29-21(14)12-17(18)24-30-23(15-9-16(32)10-15)22-13-27-7-8-31(22,24)26/h1-8,11-13,15-16,32H,9-10,26H2/q+1. The summed E-state index contributed by atoms with van der Waals surface area (Å²) in [7, 11) is 0. The van der Waals surface area contributed by atoms with E-state index >= 15 is 0 Å². The maximum Gasteiger partial charge on any atom is 0.266 e. The fourth-order valence-corrected chi connectivity index (χ4v) is 4.73. The van der Waals surface area contributed by atoms with Crippen LogP contribution in [0.25, 0.3) is 22.3 Å². The number of aliphatic hydroxyl groups is 1. The van der Waals surface area contributed by atoms with Crippen molar-refractivity contribution in [3.05, 3.63) is 83.0 Å². The number of nitrogens with zero attached hydrogens (tertiary/aromatic N) is 5. The number of aliphatic hydroxyl groups excluding tert-OH is 1. The monoisotopic (exact) mass is 443 g/mol. The van der Waals surface area contributed by atoms with Crippen LogP contribution in [0.5, 0.6) is 0 Å². The molecule has 3 aromatic rings. The number of halogens is 1. The summed E-state index contributed by atoms with van der Waals surface area (Å²) >= 11 is 6.73. The van der Waals surface area contributed by atoms with Crippen molar-refractivity contribution in [2.75, 3.05) is 0 Å². The second-order valence-electron chi connectivity index (χ2n) is 8.32. The first kappa shape index (κ1) is 19.5. The number of rotatable bonds is 3. The molecule has 1 saturated carbocycles. The molecule has 3 N–H and O–H groups in total. The zero-order valence-electron chi connectivity index (χ0n) is 17.1. The van der Waals surface area contributed by atoms with Gasteiger partial charge in [-0.25, -0.2) is 4.98 Å². The molecule has 0 saturated heterocycles. The lowest BCUT2D eigenvalue weighted by Gasteiger charge is -2.31. The van der Waals surface area contributed by atoms with Crippen molar-refractivity contribution in [3.63, 3.8) is 0 Å². The van der Waals surface area contributed by atoms with Crippen LogP contribution in [-0.4, -0.2) is 37.8 Å². The second-order valence-corrected chi connectivity index (χ2v) is 8.73. The van der Waals surface area contributed by atoms with Gasteiger partial charge in [0.25, 0.3) is 5.84 Å². The minimum atomic E-state index is -0.290. The molecule has 2 aliphatic heterocycles. The van der Waals surface area contributed by atoms with Gasteiger partial charge < -0.3 is 5.11 Å². The van der Waals surface area contributed by atoms with Gasteiger partial charge in [0.1, 0.15) is 11.9 Å². The fraction of sp³-hybridized carbons (Fsp3) is 0.167. The molecule has 1 aliphatic carbocycles. The minimum Gasteiger partial charge on any atom is -0.393 e. The number of amidine groups is 1. The van der Waals surface area contributed by atoms with Crippen LogP contribution >= 0.6 is 11.6 Å². The number of allylic oxidation sites excluding steroid dienone is 2. The van der Waals surface area contributed by atoms with Gasteiger partial charge in [0.2, 0.25) is 5.70 Å². The summed E-state index contributed by atoms with van der Waals surface area (Å²) in [6.07, 6.45) is 8.03. The minimum absolute atomic E-state index is 0.101. The van der Waals surface area contributed by atoms with Gasteiger partial charge in [0.15, 0.2) is 0 Å². The van der Waals surface area contributed by atoms with Gasteiger partial charge in [-0.1, -0.05) is 23.7 Å². The Morgan fingerprint density at radius 2 is 1.97 bits per heavy atom. The van der Waals surface area contributed by atoms with E-state index in [4.69, 9.17) is 27.4 Å². The van der Waals surface area contributed by atoms with Crippen LogP contribution in [0.1, 0.15) is 18.4 Å². The number of quaternary nitrogens is 1. The molecule has 7 nitrogen and oxygen atoms in total. The lowest BCUT2D eigenvalue weighted by Crippen LogP contribution is -2.53. The van der Waals surface area contributed by atoms with Crippen molar-refractivity contribution >= 4 is 34.6 Å². The third-order valence-electron chi connectivity index (χ3n) is 6.27. The lowest BCUT2D eigenvalue weighted by atomic mass is 9.79. The zero-order valence-corrected chi connectivity index (χ0v) is 17.8. The van der Waals surface area contributed by atoms with E-state index in [0.29, 0.717) is 23.7 Å². The third kappa shape index (κ3) is 2.94. The summed E-state index contributed by atoms with van der Waals surface area (Å²) in [6, 6.07) is 13.5. The van der Waals surface area contributed by atoms with Gasteiger partial charge in [-0.05, 0) is 43.2 Å². The average molecular weight is 444 g/mol. The summed E-state index contributed by atoms with van der Waals surface area (Å²) in [5.41, 5.74) is 4.77. The predicted molar refractivity (Wildman–Crippen MR) is 124 cm³/mol. The normalized spacial score (nSPS) is 26.3. The largest absolute Gasteiger partial charge is 0.393 e. The first-order valence-electron chi connectivity index (χ1n) is 10.5. The van der Waals surface area contributed by atoms with Crippen LogP contribution < -0.4 is 5.84 Å². The Balaban J connectivity index is 1.48. The predicted octanol–water partition coefficient (Wildman–Crippen LogP) is 3.94. The molecule has 2 aromatic heterocycles. The number of hydrogen-bond acceptors (Lipinski definition) is 6. The van der Waals surface area contributed by atoms with E-state index in [1.807, 2.05) is 42.5 Å². The molecule has 0 amide bonds. The molecule has 1 unspecified atom stereocenters. The van der Waals surface area contributed by atoms with E-state index < -0.39 is 0 Å². The smallest absolute Gasteiger partial charge is 0.266 e. The van der Waals surface area contributed by atoms with Crippen LogP contribution in [0, 0.1) is 5.92 Å². The molecule has 1 fully saturated rings. The number of aliphatic imine (C=N–C) groups is 2. The molecule has 0 radical (unpaired) electrons. The Morgan fingerprint density at radius 1 is 1.09 bits per heavy atom. The Bertz CT molecular complexity index is 1370. The number of hydrogen-bond donors (Lipinski definition) is 2. The molecule has 1 atom stereocenters. The van der Waals surface area contributed by atoms with Gasteiger partial charge in [-0.3, -0.25) is 9.98 Å². The van der Waals surface area contributed by atoms with E-state index in [1.54, 1.807) is 24.8 Å². The van der Waals surface area contributed by atoms with Gasteiger partial charge in [-0.2, -0.15) is 10.8 Å². The van der Waals surface area contributed by atoms with Gasteiger partial charge in [0.05, 0.1) is 46.0 Å². The molecule has 4 heterocycles. The number of pyridine rings is 2. The number of nitrogens with two attached hydrogens (primary N) is 1. The van der Waals surface area contributed by atoms with Crippen LogP contribution in [0.2, 0.25) is 5.02 Å². The highest BCUT2D eigenvalue weighted by atomic mass is 35.5. The molecule has 32 heavy (non-hydrogen) atoms. The summed E-state index contributed by atoms with van der Waals surface area (Å²) in [4.78, 5) is 18.4. The third-order valence-corrected chi connectivity index (χ3v) is 6.58. The second kappa shape index (κ2) is 7.15. The van der Waals surface area contributed by atoms with E-state index in [9.17, 15) is 5.11 Å². The van der Waals surface area contributed by atoms with E-state index in [2.05, 4.69) is 9.98 Å². The van der Waals surface area contributed by atoms with Crippen molar-refractivity contribution in [2.24, 2.45) is 21.7 Å². The maximum absolute atomic E-state index is 9.81. The summed E-state index contributed by atoms with van der Waals surface area (Å²) in [5, 5.41) is 11.3. The summed E-state index contributed by atoms with van der Waals surface area (Å²) < 4.78 is -0.101. The van der Waals surface area contributed by atoms with Crippen LogP contribution in [0.15, 0.2) is 82.4 Å². The van der Waals surface area contributed by atoms with E-state index in [0.717, 1.165) is 39.2 Å². The zero-order chi connectivity index (χ0) is 21.9. The van der Waals surface area contributed by atoms with Crippen LogP contribution in [0.4, 0.5) is 0 Å². The van der Waals surface area contributed by atoms with Gasteiger partial charge >= 0.3 is 0 Å². The molecular weight excluding hydrogens is 424 g/mol. The Kier molecular flexibility index (Phi) is 4.34. The topological polar surface area (TPSA) is 96.8 Å². The average Bonchev–Trinajstić information content (AvgIpc) is 3.09. The quantitative estimate of drug-likeness (QED) is 0.473. The molecule has 1 aromatic carbocycles. The highest BCUT2D eigenvalue weighted by Gasteiger charge is 2.48. The van der Waals surface area contributed by atoms with Crippen molar-refractivity contribution in [3.8, 4) is 11.4 Å². The van der Waals surface area contributed by atoms with Crippen molar-refractivity contribution < 1.29 is 9.70 Å². The highest BCUT2D eigenvalue weighted by molar-refractivity contribution is 6.34. The van der Waals surface area contributed by atoms with Crippen molar-refractivity contribution in [1.29, 1.82) is 0 Å². The number of benzene rings is 1.